The topological polar surface area (TPSA) is 49.1 Å². The summed E-state index contributed by atoms with van der Waals surface area (Å²) in [7, 11) is 11.8. The third kappa shape index (κ3) is 9.70. The van der Waals surface area contributed by atoms with Crippen molar-refractivity contribution in [2.75, 3.05) is 29.6 Å². The molecule has 1 atom stereocenters. The average molecular weight is 628 g/mol. The summed E-state index contributed by atoms with van der Waals surface area (Å²) < 4.78 is 9.40. The van der Waals surface area contributed by atoms with Crippen molar-refractivity contribution in [3.05, 3.63) is 65.3 Å². The van der Waals surface area contributed by atoms with Crippen molar-refractivity contribution in [1.82, 2.24) is 4.31 Å². The molecule has 2 N–H and O–H groups in total. The van der Waals surface area contributed by atoms with E-state index in [1.165, 1.54) is 22.4 Å². The van der Waals surface area contributed by atoms with Gasteiger partial charge in [0.25, 0.3) is 0 Å². The van der Waals surface area contributed by atoms with Crippen molar-refractivity contribution in [3.8, 4) is 0 Å². The second-order valence-corrected chi connectivity index (χ2v) is 15.2. The second-order valence-electron chi connectivity index (χ2n) is 8.64. The SMILES string of the molecule is CC(C)OC(=[OH+])C(C)Nc1ccccc1[CH]=[Ru]([Cl])[Cl].CSN1[CH-]N(c2c(C)cc(C)cc2C)CC1. The predicted molar refractivity (Wildman–Crippen MR) is 152 cm³/mol. The zero-order valence-corrected chi connectivity index (χ0v) is 25.5. The first-order valence-electron chi connectivity index (χ1n) is 11.4. The summed E-state index contributed by atoms with van der Waals surface area (Å²) in [6, 6.07) is 11.9. The van der Waals surface area contributed by atoms with E-state index < -0.39 is 13.5 Å². The minimum Gasteiger partial charge on any atom is -0.506 e. The first kappa shape index (κ1) is 30.1. The fourth-order valence-corrected chi connectivity index (χ4v) is 6.15. The number of hydrogen-bond acceptors (Lipinski definition) is 5. The number of halogens is 2. The summed E-state index contributed by atoms with van der Waals surface area (Å²) in [6.07, 6.45) is 2.06. The normalized spacial score (nSPS) is 14.8. The van der Waals surface area contributed by atoms with Crippen molar-refractivity contribution in [3.63, 3.8) is 0 Å². The van der Waals surface area contributed by atoms with E-state index in [0.29, 0.717) is 0 Å². The van der Waals surface area contributed by atoms with Gasteiger partial charge in [-0.25, -0.2) is 0 Å². The van der Waals surface area contributed by atoms with Gasteiger partial charge in [0.1, 0.15) is 0 Å². The van der Waals surface area contributed by atoms with Crippen LogP contribution in [0, 0.1) is 27.4 Å². The molecule has 0 radical (unpaired) electrons. The molecule has 0 aromatic heterocycles. The zero-order valence-electron chi connectivity index (χ0n) is 21.5. The Morgan fingerprint density at radius 3 is 2.31 bits per heavy atom. The van der Waals surface area contributed by atoms with Gasteiger partial charge >= 0.3 is 127 Å². The summed E-state index contributed by atoms with van der Waals surface area (Å²) in [4.78, 5) is 12.2. The molecule has 1 saturated heterocycles. The molecule has 9 heteroatoms. The van der Waals surface area contributed by atoms with E-state index in [4.69, 9.17) is 24.1 Å². The molecule has 1 aliphatic heterocycles. The average Bonchev–Trinajstić information content (AvgIpc) is 3.22. The van der Waals surface area contributed by atoms with Gasteiger partial charge in [0, 0.05) is 12.2 Å². The summed E-state index contributed by atoms with van der Waals surface area (Å²) in [6.45, 7) is 16.5. The number of para-hydroxylation sites is 1. The molecule has 1 fully saturated rings. The largest absolute Gasteiger partial charge is 0.506 e. The van der Waals surface area contributed by atoms with Crippen molar-refractivity contribution in [2.45, 2.75) is 53.7 Å². The van der Waals surface area contributed by atoms with Gasteiger partial charge in [-0.05, 0) is 44.7 Å². The quantitative estimate of drug-likeness (QED) is 0.123. The number of ether oxygens (including phenoxy) is 1. The Labute approximate surface area is 228 Å². The molecule has 0 amide bonds. The fraction of sp³-hybridized carbons (Fsp3) is 0.423. The van der Waals surface area contributed by atoms with Crippen molar-refractivity contribution in [2.24, 2.45) is 0 Å². The van der Waals surface area contributed by atoms with Gasteiger partial charge in [0.2, 0.25) is 0 Å². The minimum atomic E-state index is -1.88. The number of anilines is 2. The summed E-state index contributed by atoms with van der Waals surface area (Å²) in [5.74, 6) is -0.0317. The molecule has 0 bridgehead atoms. The summed E-state index contributed by atoms with van der Waals surface area (Å²) >= 11 is -0.0982. The zero-order chi connectivity index (χ0) is 26.1. The summed E-state index contributed by atoms with van der Waals surface area (Å²) in [5.41, 5.74) is 7.28. The monoisotopic (exact) mass is 627 g/mol. The van der Waals surface area contributed by atoms with E-state index in [1.54, 1.807) is 11.9 Å². The fourth-order valence-electron chi connectivity index (χ4n) is 3.85. The van der Waals surface area contributed by atoms with Crippen LogP contribution in [0.2, 0.25) is 0 Å². The molecular formula is C26H37Cl2N3O2RuS. The van der Waals surface area contributed by atoms with Crippen LogP contribution >= 0.6 is 31.3 Å². The molecule has 1 aliphatic rings. The Morgan fingerprint density at radius 2 is 1.77 bits per heavy atom. The molecule has 0 saturated carbocycles. The van der Waals surface area contributed by atoms with Gasteiger partial charge in [0.05, 0.1) is 0 Å². The van der Waals surface area contributed by atoms with Gasteiger partial charge in [-0.15, -0.1) is 11.9 Å². The van der Waals surface area contributed by atoms with Crippen LogP contribution in [-0.2, 0) is 18.3 Å². The Morgan fingerprint density at radius 1 is 1.14 bits per heavy atom. The Bertz CT molecular complexity index is 1010. The van der Waals surface area contributed by atoms with Gasteiger partial charge in [-0.1, -0.05) is 17.7 Å². The van der Waals surface area contributed by atoms with Crippen LogP contribution in [0.25, 0.3) is 0 Å². The van der Waals surface area contributed by atoms with E-state index >= 15 is 0 Å². The Kier molecular flexibility index (Phi) is 12.6. The summed E-state index contributed by atoms with van der Waals surface area (Å²) in [5, 5.41) is 3.18. The van der Waals surface area contributed by atoms with Crippen molar-refractivity contribution < 1.29 is 23.0 Å². The van der Waals surface area contributed by atoms with E-state index in [2.05, 4.69) is 60.4 Å². The van der Waals surface area contributed by atoms with Crippen molar-refractivity contribution >= 4 is 53.3 Å². The third-order valence-corrected chi connectivity index (χ3v) is 7.81. The first-order valence-corrected chi connectivity index (χ1v) is 18.1. The number of benzene rings is 2. The molecule has 2 aromatic rings. The number of carbonyl (C=O) groups excluding carboxylic acids is 1. The van der Waals surface area contributed by atoms with Crippen LogP contribution in [0.4, 0.5) is 11.4 Å². The molecule has 1 unspecified atom stereocenters. The van der Waals surface area contributed by atoms with Crippen LogP contribution in [0.15, 0.2) is 36.4 Å². The van der Waals surface area contributed by atoms with Crippen LogP contribution < -0.4 is 10.2 Å². The predicted octanol–water partition coefficient (Wildman–Crippen LogP) is 6.62. The Balaban J connectivity index is 0.000000250. The molecule has 5 nitrogen and oxygen atoms in total. The number of nitrogens with one attached hydrogen (secondary N) is 1. The number of aryl methyl sites for hydroxylation is 3. The van der Waals surface area contributed by atoms with Gasteiger partial charge in [-0.3, -0.25) is 0 Å². The molecule has 2 aromatic carbocycles. The first-order chi connectivity index (χ1) is 16.5. The van der Waals surface area contributed by atoms with Gasteiger partial charge in [0.15, 0.2) is 0 Å². The number of esters is 1. The smallest absolute Gasteiger partial charge is 0.0142 e. The van der Waals surface area contributed by atoms with E-state index in [9.17, 15) is 4.79 Å². The molecule has 3 rings (SSSR count). The molecule has 0 aliphatic carbocycles. The molecule has 0 spiro atoms. The van der Waals surface area contributed by atoms with Crippen molar-refractivity contribution in [1.29, 1.82) is 0 Å². The standard InChI is InChI=1S/C13H19N2S.C13H17NO2.2ClH.Ru/c1-10-7-11(2)13(12(3)8-10)14-5-6-15(9-14)16-4;1-9(2)16-13(15)11(4)14-12-8-6-5-7-10(12)3;;;/h7-9H,5-6H2,1-4H3;3,5-9,11,14H,1-2,4H3;2*1H;/q-1;;;;+2/p-1. The number of hydrogen-bond donors (Lipinski definition) is 1. The van der Waals surface area contributed by atoms with Gasteiger partial charge in [-0.2, -0.15) is 6.67 Å². The molecule has 1 heterocycles. The number of rotatable bonds is 7. The van der Waals surface area contributed by atoms with Gasteiger partial charge < -0.3 is 9.21 Å². The molecule has 35 heavy (non-hydrogen) atoms. The van der Waals surface area contributed by atoms with E-state index in [1.807, 2.05) is 49.6 Å². The maximum absolute atomic E-state index is 9.80. The van der Waals surface area contributed by atoms with Crippen LogP contribution in [0.5, 0.6) is 0 Å². The molecule has 196 valence electrons. The maximum atomic E-state index is 9.80. The van der Waals surface area contributed by atoms with E-state index in [0.717, 1.165) is 24.3 Å². The Hall–Kier alpha value is -1.11. The molecular weight excluding hydrogens is 590 g/mol. The maximum Gasteiger partial charge on any atom is 0.0142 e. The van der Waals surface area contributed by atoms with Crippen LogP contribution in [-0.4, -0.2) is 51.2 Å². The van der Waals surface area contributed by atoms with E-state index in [-0.39, 0.29) is 18.1 Å². The van der Waals surface area contributed by atoms with Crippen LogP contribution in [0.1, 0.15) is 43.0 Å². The number of nitrogens with zero attached hydrogens (tertiary/aromatic N) is 2. The minimum absolute atomic E-state index is 0.0317. The third-order valence-electron chi connectivity index (χ3n) is 5.23. The second kappa shape index (κ2) is 14.6. The van der Waals surface area contributed by atoms with Crippen LogP contribution in [0.3, 0.4) is 0 Å².